The van der Waals surface area contributed by atoms with Crippen molar-refractivity contribution in [1.82, 2.24) is 0 Å². The van der Waals surface area contributed by atoms with Gasteiger partial charge in [0.05, 0.1) is 0 Å². The number of carbonyl (C=O) groups is 3. The van der Waals surface area contributed by atoms with Crippen molar-refractivity contribution in [1.29, 1.82) is 0 Å². The van der Waals surface area contributed by atoms with Gasteiger partial charge in [0.15, 0.2) is 0 Å². The fourth-order valence-electron chi connectivity index (χ4n) is 3.21. The van der Waals surface area contributed by atoms with Crippen LogP contribution in [-0.4, -0.2) is 34.9 Å². The molecule has 136 valence electrons. The second-order valence-corrected chi connectivity index (χ2v) is 7.56. The lowest BCUT2D eigenvalue weighted by Gasteiger charge is -2.34. The molecule has 1 N–H and O–H groups in total. The molecule has 1 aliphatic rings. The highest BCUT2D eigenvalue weighted by Gasteiger charge is 2.41. The summed E-state index contributed by atoms with van der Waals surface area (Å²) in [7, 11) is 0. The highest BCUT2D eigenvalue weighted by Crippen LogP contribution is 2.35. The SMILES string of the molecule is CCCCC(=O)[C@H]1C(=O)CC(C)(C)CC1=NCCCCCC(=O)O. The summed E-state index contributed by atoms with van der Waals surface area (Å²) in [5.74, 6) is -1.38. The molecule has 1 rings (SSSR count). The van der Waals surface area contributed by atoms with Crippen LogP contribution in [0.2, 0.25) is 0 Å². The standard InChI is InChI=1S/C19H31NO4/c1-4-5-9-15(21)18-14(12-19(2,3)13-16(18)22)20-11-8-6-7-10-17(23)24/h18H,4-13H2,1-3H3,(H,23,24)/t18-/m0/s1. The second-order valence-electron chi connectivity index (χ2n) is 7.56. The molecule has 0 heterocycles. The molecule has 0 aromatic carbocycles. The Labute approximate surface area is 144 Å². The van der Waals surface area contributed by atoms with E-state index in [9.17, 15) is 14.4 Å². The minimum Gasteiger partial charge on any atom is -0.481 e. The number of unbranched alkanes of at least 4 members (excludes halogenated alkanes) is 3. The molecule has 1 aliphatic carbocycles. The Kier molecular flexibility index (Phi) is 8.29. The molecule has 0 aromatic rings. The van der Waals surface area contributed by atoms with Gasteiger partial charge < -0.3 is 5.11 Å². The number of carboxylic acid groups (broad SMARTS) is 1. The molecule has 0 aliphatic heterocycles. The summed E-state index contributed by atoms with van der Waals surface area (Å²) >= 11 is 0. The Bertz CT molecular complexity index is 494. The molecular formula is C19H31NO4. The quantitative estimate of drug-likeness (QED) is 0.485. The summed E-state index contributed by atoms with van der Waals surface area (Å²) in [6.45, 7) is 6.68. The lowest BCUT2D eigenvalue weighted by Crippen LogP contribution is -2.42. The number of aliphatic imine (C=N–C) groups is 1. The number of nitrogens with zero attached hydrogens (tertiary/aromatic N) is 1. The van der Waals surface area contributed by atoms with Crippen LogP contribution in [0.5, 0.6) is 0 Å². The second kappa shape index (κ2) is 9.70. The van der Waals surface area contributed by atoms with Crippen LogP contribution in [0.15, 0.2) is 4.99 Å². The van der Waals surface area contributed by atoms with E-state index in [4.69, 9.17) is 5.11 Å². The van der Waals surface area contributed by atoms with E-state index in [2.05, 4.69) is 4.99 Å². The van der Waals surface area contributed by atoms with Gasteiger partial charge in [0.2, 0.25) is 0 Å². The molecule has 0 aromatic heterocycles. The van der Waals surface area contributed by atoms with Crippen LogP contribution in [0, 0.1) is 11.3 Å². The molecule has 0 amide bonds. The van der Waals surface area contributed by atoms with E-state index in [0.29, 0.717) is 32.2 Å². The summed E-state index contributed by atoms with van der Waals surface area (Å²) in [6, 6.07) is 0. The molecule has 0 spiro atoms. The van der Waals surface area contributed by atoms with Crippen molar-refractivity contribution in [2.45, 2.75) is 78.6 Å². The van der Waals surface area contributed by atoms with Gasteiger partial charge in [-0.2, -0.15) is 0 Å². The van der Waals surface area contributed by atoms with Gasteiger partial charge in [-0.25, -0.2) is 0 Å². The van der Waals surface area contributed by atoms with E-state index < -0.39 is 11.9 Å². The fraction of sp³-hybridized carbons (Fsp3) is 0.789. The molecule has 1 fully saturated rings. The number of Topliss-reactive ketones (excluding diaryl/α,β-unsaturated/α-hetero) is 2. The van der Waals surface area contributed by atoms with Crippen molar-refractivity contribution in [3.8, 4) is 0 Å². The van der Waals surface area contributed by atoms with Crippen molar-refractivity contribution in [3.63, 3.8) is 0 Å². The molecular weight excluding hydrogens is 306 g/mol. The molecule has 5 nitrogen and oxygen atoms in total. The Morgan fingerprint density at radius 2 is 1.83 bits per heavy atom. The maximum Gasteiger partial charge on any atom is 0.303 e. The van der Waals surface area contributed by atoms with Crippen LogP contribution in [0.3, 0.4) is 0 Å². The van der Waals surface area contributed by atoms with Gasteiger partial charge >= 0.3 is 5.97 Å². The van der Waals surface area contributed by atoms with Gasteiger partial charge in [-0.15, -0.1) is 0 Å². The Morgan fingerprint density at radius 3 is 2.46 bits per heavy atom. The number of hydrogen-bond acceptors (Lipinski definition) is 4. The summed E-state index contributed by atoms with van der Waals surface area (Å²) in [5.41, 5.74) is 0.608. The summed E-state index contributed by atoms with van der Waals surface area (Å²) in [6.07, 6.45) is 5.75. The molecule has 0 unspecified atom stereocenters. The van der Waals surface area contributed by atoms with Crippen molar-refractivity contribution in [2.75, 3.05) is 6.54 Å². The monoisotopic (exact) mass is 337 g/mol. The van der Waals surface area contributed by atoms with E-state index >= 15 is 0 Å². The first kappa shape index (κ1) is 20.5. The van der Waals surface area contributed by atoms with Crippen LogP contribution >= 0.6 is 0 Å². The zero-order valence-electron chi connectivity index (χ0n) is 15.3. The molecule has 0 saturated heterocycles. The number of ketones is 2. The first-order chi connectivity index (χ1) is 11.3. The van der Waals surface area contributed by atoms with Gasteiger partial charge in [-0.05, 0) is 31.1 Å². The molecule has 24 heavy (non-hydrogen) atoms. The lowest BCUT2D eigenvalue weighted by atomic mass is 9.69. The first-order valence-corrected chi connectivity index (χ1v) is 9.07. The normalized spacial score (nSPS) is 21.9. The molecule has 0 bridgehead atoms. The lowest BCUT2D eigenvalue weighted by molar-refractivity contribution is -0.137. The van der Waals surface area contributed by atoms with E-state index in [-0.39, 0.29) is 23.4 Å². The predicted octanol–water partition coefficient (Wildman–Crippen LogP) is 3.84. The van der Waals surface area contributed by atoms with Crippen LogP contribution in [0.4, 0.5) is 0 Å². The number of rotatable bonds is 10. The smallest absolute Gasteiger partial charge is 0.303 e. The fourth-order valence-corrected chi connectivity index (χ4v) is 3.21. The third-order valence-corrected chi connectivity index (χ3v) is 4.43. The number of carboxylic acids is 1. The van der Waals surface area contributed by atoms with Crippen molar-refractivity contribution >= 4 is 23.2 Å². The van der Waals surface area contributed by atoms with E-state index in [1.54, 1.807) is 0 Å². The maximum absolute atomic E-state index is 12.5. The van der Waals surface area contributed by atoms with Gasteiger partial charge in [0.25, 0.3) is 0 Å². The predicted molar refractivity (Wildman–Crippen MR) is 94.4 cm³/mol. The van der Waals surface area contributed by atoms with Crippen LogP contribution < -0.4 is 0 Å². The Hall–Kier alpha value is -1.52. The molecule has 0 radical (unpaired) electrons. The van der Waals surface area contributed by atoms with Crippen molar-refractivity contribution in [2.24, 2.45) is 16.3 Å². The van der Waals surface area contributed by atoms with E-state index in [1.165, 1.54) is 0 Å². The largest absolute Gasteiger partial charge is 0.481 e. The van der Waals surface area contributed by atoms with Crippen LogP contribution in [-0.2, 0) is 14.4 Å². The van der Waals surface area contributed by atoms with Crippen LogP contribution in [0.25, 0.3) is 0 Å². The topological polar surface area (TPSA) is 83.8 Å². The average Bonchev–Trinajstić information content (AvgIpc) is 2.46. The highest BCUT2D eigenvalue weighted by atomic mass is 16.4. The minimum atomic E-state index is -0.775. The van der Waals surface area contributed by atoms with Gasteiger partial charge in [0, 0.05) is 31.5 Å². The van der Waals surface area contributed by atoms with Crippen molar-refractivity contribution in [3.05, 3.63) is 0 Å². The highest BCUT2D eigenvalue weighted by molar-refractivity contribution is 6.22. The summed E-state index contributed by atoms with van der Waals surface area (Å²) in [5, 5.41) is 8.62. The zero-order chi connectivity index (χ0) is 18.2. The Morgan fingerprint density at radius 1 is 1.12 bits per heavy atom. The third-order valence-electron chi connectivity index (χ3n) is 4.43. The van der Waals surface area contributed by atoms with Crippen LogP contribution in [0.1, 0.15) is 78.6 Å². The third kappa shape index (κ3) is 6.93. The van der Waals surface area contributed by atoms with E-state index in [1.807, 2.05) is 20.8 Å². The minimum absolute atomic E-state index is 0.0111. The first-order valence-electron chi connectivity index (χ1n) is 9.07. The Balaban J connectivity index is 2.68. The van der Waals surface area contributed by atoms with Crippen molar-refractivity contribution < 1.29 is 19.5 Å². The average molecular weight is 337 g/mol. The molecule has 1 saturated carbocycles. The number of carbonyl (C=O) groups excluding carboxylic acids is 2. The summed E-state index contributed by atoms with van der Waals surface area (Å²) in [4.78, 5) is 40.0. The molecule has 5 heteroatoms. The zero-order valence-corrected chi connectivity index (χ0v) is 15.3. The molecule has 1 atom stereocenters. The number of hydrogen-bond donors (Lipinski definition) is 1. The van der Waals surface area contributed by atoms with E-state index in [0.717, 1.165) is 31.4 Å². The summed E-state index contributed by atoms with van der Waals surface area (Å²) < 4.78 is 0. The van der Waals surface area contributed by atoms with Gasteiger partial charge in [-0.1, -0.05) is 33.6 Å². The maximum atomic E-state index is 12.5. The number of aliphatic carboxylic acids is 1. The van der Waals surface area contributed by atoms with Gasteiger partial charge in [-0.3, -0.25) is 19.4 Å². The van der Waals surface area contributed by atoms with Gasteiger partial charge in [0.1, 0.15) is 17.5 Å².